The number of fused-ring (bicyclic) bond motifs is 8. The van der Waals surface area contributed by atoms with E-state index in [-0.39, 0.29) is 0 Å². The zero-order valence-corrected chi connectivity index (χ0v) is 66.2. The van der Waals surface area contributed by atoms with Gasteiger partial charge in [-0.05, 0) is 173 Å². The molecule has 16 aromatic rings. The Bertz CT molecular complexity index is 3950. The molecule has 16 heteroatoms. The summed E-state index contributed by atoms with van der Waals surface area (Å²) in [5.41, 5.74) is 12.8. The van der Waals surface area contributed by atoms with Gasteiger partial charge in [0.15, 0.2) is 0 Å². The van der Waals surface area contributed by atoms with Crippen LogP contribution < -0.4 is 0 Å². The lowest BCUT2D eigenvalue weighted by atomic mass is 10.1. The molecule has 0 aromatic carbocycles. The summed E-state index contributed by atoms with van der Waals surface area (Å²) in [4.78, 5) is 65.9. The van der Waals surface area contributed by atoms with Crippen LogP contribution in [0, 0.1) is 55.4 Å². The molecule has 0 aliphatic rings. The molecule has 16 aromatic heterocycles. The quantitative estimate of drug-likeness (QED) is 0.138. The topological polar surface area (TPSA) is 206 Å². The molecule has 0 fully saturated rings. The molecule has 0 bridgehead atoms. The summed E-state index contributed by atoms with van der Waals surface area (Å²) in [6.07, 6.45) is 43.6. The molecule has 0 atom stereocenters. The van der Waals surface area contributed by atoms with Crippen LogP contribution in [-0.4, -0.2) is 79.7 Å². The van der Waals surface area contributed by atoms with Crippen molar-refractivity contribution < 1.29 is 0 Å². The van der Waals surface area contributed by atoms with E-state index in [4.69, 9.17) is 0 Å². The second-order valence-electron chi connectivity index (χ2n) is 20.1. The Hall–Kier alpha value is -11.5. The third-order valence-corrected chi connectivity index (χ3v) is 13.9. The highest BCUT2D eigenvalue weighted by atomic mass is 14.8. The fraction of sp³-hybridized carbons (Fsp3) is 0.273. The molecule has 0 amide bonds. The lowest BCUT2D eigenvalue weighted by molar-refractivity contribution is 1.20. The van der Waals surface area contributed by atoms with Crippen molar-refractivity contribution in [2.24, 2.45) is 0 Å². The fourth-order valence-corrected chi connectivity index (χ4v) is 9.21. The summed E-state index contributed by atoms with van der Waals surface area (Å²) >= 11 is 0. The summed E-state index contributed by atoms with van der Waals surface area (Å²) in [5.74, 6) is 0. The lowest BCUT2D eigenvalue weighted by Gasteiger charge is -1.97. The second-order valence-corrected chi connectivity index (χ2v) is 20.1. The summed E-state index contributed by atoms with van der Waals surface area (Å²) in [7, 11) is 0. The summed E-state index contributed by atoms with van der Waals surface area (Å²) < 4.78 is 0. The number of aryl methyl sites for hydroxylation is 8. The zero-order valence-electron chi connectivity index (χ0n) is 66.2. The smallest absolute Gasteiger partial charge is 0.0914 e. The van der Waals surface area contributed by atoms with Crippen molar-refractivity contribution in [3.63, 3.8) is 0 Å². The van der Waals surface area contributed by atoms with E-state index in [0.29, 0.717) is 0 Å². The van der Waals surface area contributed by atoms with Gasteiger partial charge < -0.3 is 0 Å². The third kappa shape index (κ3) is 29.6. The van der Waals surface area contributed by atoms with E-state index in [0.717, 1.165) is 88.1 Å². The van der Waals surface area contributed by atoms with Gasteiger partial charge in [0.25, 0.3) is 0 Å². The average Bonchev–Trinajstić information content (AvgIpc) is 0.963. The number of nitrogens with zero attached hydrogens (tertiary/aromatic N) is 16. The third-order valence-electron chi connectivity index (χ3n) is 13.9. The van der Waals surface area contributed by atoms with Gasteiger partial charge in [0, 0.05) is 213 Å². The maximum atomic E-state index is 4.24. The molecule has 0 aliphatic carbocycles. The van der Waals surface area contributed by atoms with E-state index < -0.39 is 0 Å². The van der Waals surface area contributed by atoms with E-state index in [1.54, 1.807) is 74.4 Å². The van der Waals surface area contributed by atoms with Crippen molar-refractivity contribution in [3.8, 4) is 0 Å². The van der Waals surface area contributed by atoms with Crippen molar-refractivity contribution in [1.29, 1.82) is 0 Å². The van der Waals surface area contributed by atoms with Gasteiger partial charge in [0.05, 0.1) is 34.0 Å². The van der Waals surface area contributed by atoms with Crippen LogP contribution in [0.15, 0.2) is 246 Å². The molecule has 0 spiro atoms. The van der Waals surface area contributed by atoms with E-state index in [1.165, 1.54) is 43.6 Å². The van der Waals surface area contributed by atoms with Crippen LogP contribution >= 0.6 is 0 Å². The molecule has 16 heterocycles. The van der Waals surface area contributed by atoms with Gasteiger partial charge in [-0.1, -0.05) is 123 Å². The van der Waals surface area contributed by atoms with E-state index >= 15 is 0 Å². The molecule has 0 saturated heterocycles. The normalized spacial score (nSPS) is 9.15. The number of pyridine rings is 16. The van der Waals surface area contributed by atoms with Crippen LogP contribution in [0.3, 0.4) is 0 Å². The Morgan fingerprint density at radius 3 is 1.07 bits per heavy atom. The van der Waals surface area contributed by atoms with Crippen LogP contribution in [0.25, 0.3) is 86.7 Å². The van der Waals surface area contributed by atoms with Crippen LogP contribution in [0.5, 0.6) is 0 Å². The number of rotatable bonds is 0. The van der Waals surface area contributed by atoms with Crippen molar-refractivity contribution >= 4 is 86.7 Å². The molecule has 0 N–H and O–H groups in total. The predicted octanol–water partition coefficient (Wildman–Crippen LogP) is 23.7. The highest BCUT2D eigenvalue weighted by molar-refractivity contribution is 5.86. The van der Waals surface area contributed by atoms with Gasteiger partial charge in [-0.3, -0.25) is 79.7 Å². The molecule has 0 aliphatic heterocycles. The maximum absolute atomic E-state index is 4.24. The van der Waals surface area contributed by atoms with Gasteiger partial charge in [-0.15, -0.1) is 0 Å². The first-order valence-corrected chi connectivity index (χ1v) is 36.2. The van der Waals surface area contributed by atoms with Gasteiger partial charge in [0.2, 0.25) is 0 Å². The summed E-state index contributed by atoms with van der Waals surface area (Å²) in [5, 5.41) is 13.9. The van der Waals surface area contributed by atoms with Crippen LogP contribution in [0.4, 0.5) is 0 Å². The first kappa shape index (κ1) is 90.5. The molecular formula is C88H112N16. The molecule has 0 saturated carbocycles. The molecule has 0 unspecified atom stereocenters. The standard InChI is InChI=1S/8C9H8N2.8C2H6/c1-7-9-3-4-10-6-8(9)2-5-11-7;1-7-9-6-10-4-2-8(9)3-5-11-7;1-7-4-11-6-8-5-10-3-2-9(7)8;1-7-4-11-5-8-2-3-10-6-9(7)8;1-7-8-3-2-5-11-9(8)4-6-10-7;1-7-9-8(4-6-10-7)3-2-5-11-9;1-7-5-10-6-9-8(7)3-2-4-11-9;1-7-5-10-6-8-3-2-4-11-9(7)8;8*1-2/h8*2-6H,1H3;8*1-2H3. The van der Waals surface area contributed by atoms with Gasteiger partial charge in [-0.25, -0.2) is 0 Å². The fourth-order valence-electron chi connectivity index (χ4n) is 9.21. The maximum Gasteiger partial charge on any atom is 0.0914 e. The monoisotopic (exact) mass is 1390 g/mol. The Balaban J connectivity index is 0.000000578. The Morgan fingerprint density at radius 1 is 0.173 bits per heavy atom. The molecule has 16 rings (SSSR count). The second kappa shape index (κ2) is 55.2. The van der Waals surface area contributed by atoms with Gasteiger partial charge >= 0.3 is 0 Å². The van der Waals surface area contributed by atoms with Gasteiger partial charge in [0.1, 0.15) is 0 Å². The Labute approximate surface area is 620 Å². The van der Waals surface area contributed by atoms with Crippen LogP contribution in [0.2, 0.25) is 0 Å². The van der Waals surface area contributed by atoms with Gasteiger partial charge in [-0.2, -0.15) is 0 Å². The first-order chi connectivity index (χ1) is 51.0. The average molecular weight is 1390 g/mol. The Kier molecular flexibility index (Phi) is 48.0. The largest absolute Gasteiger partial charge is 0.264 e. The van der Waals surface area contributed by atoms with Crippen LogP contribution in [-0.2, 0) is 0 Å². The van der Waals surface area contributed by atoms with Crippen LogP contribution in [0.1, 0.15) is 156 Å². The zero-order chi connectivity index (χ0) is 77.5. The van der Waals surface area contributed by atoms with Crippen molar-refractivity contribution in [2.45, 2.75) is 166 Å². The minimum atomic E-state index is 0.965. The highest BCUT2D eigenvalue weighted by Crippen LogP contribution is 2.19. The Morgan fingerprint density at radius 2 is 0.529 bits per heavy atom. The summed E-state index contributed by atoms with van der Waals surface area (Å²) in [6, 6.07) is 31.7. The molecule has 16 nitrogen and oxygen atoms in total. The van der Waals surface area contributed by atoms with E-state index in [9.17, 15) is 0 Å². The molecular weight excluding hydrogens is 1280 g/mol. The number of hydrogen-bond donors (Lipinski definition) is 0. The van der Waals surface area contributed by atoms with E-state index in [1.807, 2.05) is 325 Å². The lowest BCUT2D eigenvalue weighted by Crippen LogP contribution is -1.84. The van der Waals surface area contributed by atoms with E-state index in [2.05, 4.69) is 92.7 Å². The minimum Gasteiger partial charge on any atom is -0.264 e. The number of hydrogen-bond acceptors (Lipinski definition) is 16. The predicted molar refractivity (Wildman–Crippen MR) is 445 cm³/mol. The molecule has 544 valence electrons. The van der Waals surface area contributed by atoms with Crippen molar-refractivity contribution in [2.75, 3.05) is 0 Å². The molecule has 104 heavy (non-hydrogen) atoms. The SMILES string of the molecule is CC.CC.CC.CC.CC.CC.CC.CC.Cc1cncc2cccnc12.Cc1cncc2ccncc12.Cc1cncc2cnccc12.Cc1cncc2ncccc12.Cc1nccc2cccnc12.Cc1nccc2ccncc12.Cc1nccc2cnccc12.Cc1nccc2ncccc12. The first-order valence-electron chi connectivity index (χ1n) is 36.2. The minimum absolute atomic E-state index is 0.965. The van der Waals surface area contributed by atoms with Crippen molar-refractivity contribution in [3.05, 3.63) is 291 Å². The highest BCUT2D eigenvalue weighted by Gasteiger charge is 2.01. The summed E-state index contributed by atoms with van der Waals surface area (Å²) in [6.45, 7) is 48.1. The molecule has 0 radical (unpaired) electrons. The number of aromatic nitrogens is 16. The van der Waals surface area contributed by atoms with Crippen molar-refractivity contribution in [1.82, 2.24) is 79.7 Å².